The third kappa shape index (κ3) is 4.42. The van der Waals surface area contributed by atoms with Gasteiger partial charge in [-0.2, -0.15) is 0 Å². The van der Waals surface area contributed by atoms with Gasteiger partial charge in [-0.15, -0.1) is 0 Å². The van der Waals surface area contributed by atoms with Crippen molar-refractivity contribution in [3.63, 3.8) is 0 Å². The van der Waals surface area contributed by atoms with E-state index in [1.165, 1.54) is 0 Å². The van der Waals surface area contributed by atoms with Gasteiger partial charge >= 0.3 is 5.97 Å². The van der Waals surface area contributed by atoms with Crippen LogP contribution in [-0.2, 0) is 4.79 Å². The molecule has 0 aliphatic heterocycles. The van der Waals surface area contributed by atoms with Crippen molar-refractivity contribution in [3.8, 4) is 0 Å². The monoisotopic (exact) mass is 223 g/mol. The molecule has 1 unspecified atom stereocenters. The number of rotatable bonds is 6. The second-order valence-electron chi connectivity index (χ2n) is 3.83. The van der Waals surface area contributed by atoms with Crippen LogP contribution in [0.3, 0.4) is 0 Å². The summed E-state index contributed by atoms with van der Waals surface area (Å²) in [7, 11) is 1.80. The number of likely N-dealkylation sites (N-methyl/N-ethyl adjacent to an activating group) is 1. The van der Waals surface area contributed by atoms with Gasteiger partial charge in [0.25, 0.3) is 0 Å². The van der Waals surface area contributed by atoms with Crippen LogP contribution in [0.1, 0.15) is 18.1 Å². The fraction of sp³-hybridized carbons (Fsp3) is 0.417. The van der Waals surface area contributed by atoms with Crippen LogP contribution in [0.15, 0.2) is 30.3 Å². The van der Waals surface area contributed by atoms with E-state index >= 15 is 0 Å². The maximum Gasteiger partial charge on any atom is 0.304 e. The molecule has 0 saturated heterocycles. The van der Waals surface area contributed by atoms with E-state index in [4.69, 9.17) is 5.11 Å². The number of aliphatic hydroxyl groups is 1. The first-order valence-electron chi connectivity index (χ1n) is 5.23. The molecule has 0 saturated carbocycles. The Kier molecular flexibility index (Phi) is 4.95. The third-order valence-corrected chi connectivity index (χ3v) is 2.38. The summed E-state index contributed by atoms with van der Waals surface area (Å²) in [6.45, 7) is 0.885. The highest BCUT2D eigenvalue weighted by Crippen LogP contribution is 2.12. The number of carboxylic acids is 1. The summed E-state index contributed by atoms with van der Waals surface area (Å²) in [5.74, 6) is -0.818. The van der Waals surface area contributed by atoms with Gasteiger partial charge in [0.1, 0.15) is 0 Å². The minimum atomic E-state index is -0.818. The van der Waals surface area contributed by atoms with Gasteiger partial charge in [-0.25, -0.2) is 0 Å². The van der Waals surface area contributed by atoms with E-state index in [2.05, 4.69) is 0 Å². The Morgan fingerprint density at radius 1 is 1.38 bits per heavy atom. The zero-order valence-corrected chi connectivity index (χ0v) is 9.34. The van der Waals surface area contributed by atoms with Gasteiger partial charge in [0.15, 0.2) is 0 Å². The molecule has 0 radical (unpaired) electrons. The van der Waals surface area contributed by atoms with Crippen molar-refractivity contribution in [2.45, 2.75) is 12.5 Å². The van der Waals surface area contributed by atoms with Crippen LogP contribution in [0.25, 0.3) is 0 Å². The van der Waals surface area contributed by atoms with E-state index in [1.807, 2.05) is 35.2 Å². The fourth-order valence-corrected chi connectivity index (χ4v) is 1.45. The second kappa shape index (κ2) is 6.25. The minimum Gasteiger partial charge on any atom is -0.481 e. The lowest BCUT2D eigenvalue weighted by Gasteiger charge is -2.19. The van der Waals surface area contributed by atoms with E-state index in [-0.39, 0.29) is 6.42 Å². The summed E-state index contributed by atoms with van der Waals surface area (Å²) < 4.78 is 0. The highest BCUT2D eigenvalue weighted by molar-refractivity contribution is 5.66. The van der Waals surface area contributed by atoms with E-state index in [0.717, 1.165) is 5.56 Å². The van der Waals surface area contributed by atoms with E-state index in [0.29, 0.717) is 13.1 Å². The maximum absolute atomic E-state index is 10.4. The molecule has 4 heteroatoms. The van der Waals surface area contributed by atoms with Crippen molar-refractivity contribution in [1.29, 1.82) is 0 Å². The molecule has 0 amide bonds. The van der Waals surface area contributed by atoms with E-state index < -0.39 is 12.1 Å². The van der Waals surface area contributed by atoms with Gasteiger partial charge in [0, 0.05) is 13.1 Å². The summed E-state index contributed by atoms with van der Waals surface area (Å²) in [6, 6.07) is 9.35. The van der Waals surface area contributed by atoms with Crippen LogP contribution in [0.4, 0.5) is 0 Å². The number of hydrogen-bond donors (Lipinski definition) is 2. The third-order valence-electron chi connectivity index (χ3n) is 2.38. The van der Waals surface area contributed by atoms with Gasteiger partial charge in [-0.3, -0.25) is 4.79 Å². The molecule has 1 rings (SSSR count). The van der Waals surface area contributed by atoms with Gasteiger partial charge in [-0.05, 0) is 12.6 Å². The molecule has 2 N–H and O–H groups in total. The summed E-state index contributed by atoms with van der Waals surface area (Å²) in [5, 5.41) is 18.4. The molecule has 1 aromatic rings. The molecule has 1 atom stereocenters. The average molecular weight is 223 g/mol. The van der Waals surface area contributed by atoms with Gasteiger partial charge in [0.05, 0.1) is 12.5 Å². The van der Waals surface area contributed by atoms with Gasteiger partial charge < -0.3 is 15.1 Å². The van der Waals surface area contributed by atoms with Crippen molar-refractivity contribution in [3.05, 3.63) is 35.9 Å². The van der Waals surface area contributed by atoms with Crippen molar-refractivity contribution in [2.75, 3.05) is 20.1 Å². The van der Waals surface area contributed by atoms with Crippen LogP contribution in [-0.4, -0.2) is 41.2 Å². The number of hydrogen-bond acceptors (Lipinski definition) is 3. The second-order valence-corrected chi connectivity index (χ2v) is 3.83. The van der Waals surface area contributed by atoms with Crippen LogP contribution in [0, 0.1) is 0 Å². The van der Waals surface area contributed by atoms with Crippen molar-refractivity contribution >= 4 is 5.97 Å². The van der Waals surface area contributed by atoms with Crippen LogP contribution < -0.4 is 0 Å². The smallest absolute Gasteiger partial charge is 0.304 e. The Labute approximate surface area is 95.1 Å². The van der Waals surface area contributed by atoms with Crippen LogP contribution >= 0.6 is 0 Å². The summed E-state index contributed by atoms with van der Waals surface area (Å²) >= 11 is 0. The molecule has 4 nitrogen and oxygen atoms in total. The maximum atomic E-state index is 10.4. The molecule has 0 aromatic heterocycles. The SMILES string of the molecule is CN(CCC(=O)O)CC(O)c1ccccc1. The van der Waals surface area contributed by atoms with Crippen molar-refractivity contribution in [1.82, 2.24) is 4.90 Å². The lowest BCUT2D eigenvalue weighted by Crippen LogP contribution is -2.27. The Morgan fingerprint density at radius 3 is 2.56 bits per heavy atom. The molecular formula is C12H17NO3. The van der Waals surface area contributed by atoms with E-state index in [9.17, 15) is 9.90 Å². The Balaban J connectivity index is 2.39. The Morgan fingerprint density at radius 2 is 2.00 bits per heavy atom. The molecule has 0 aliphatic carbocycles. The molecule has 0 fully saturated rings. The Bertz CT molecular complexity index is 326. The lowest BCUT2D eigenvalue weighted by atomic mass is 10.1. The molecular weight excluding hydrogens is 206 g/mol. The fourth-order valence-electron chi connectivity index (χ4n) is 1.45. The van der Waals surface area contributed by atoms with Crippen LogP contribution in [0.2, 0.25) is 0 Å². The predicted octanol–water partition coefficient (Wildman–Crippen LogP) is 1.13. The Hall–Kier alpha value is -1.39. The molecule has 1 aromatic carbocycles. The van der Waals surface area contributed by atoms with Gasteiger partial charge in [-0.1, -0.05) is 30.3 Å². The first-order valence-corrected chi connectivity index (χ1v) is 5.23. The van der Waals surface area contributed by atoms with Crippen LogP contribution in [0.5, 0.6) is 0 Å². The van der Waals surface area contributed by atoms with E-state index in [1.54, 1.807) is 7.05 Å². The number of carbonyl (C=O) groups is 1. The summed E-state index contributed by atoms with van der Waals surface area (Å²) in [6.07, 6.45) is -0.474. The lowest BCUT2D eigenvalue weighted by molar-refractivity contribution is -0.137. The number of aliphatic carboxylic acids is 1. The zero-order chi connectivity index (χ0) is 12.0. The zero-order valence-electron chi connectivity index (χ0n) is 9.34. The molecule has 0 aliphatic rings. The number of benzene rings is 1. The minimum absolute atomic E-state index is 0.0952. The largest absolute Gasteiger partial charge is 0.481 e. The first kappa shape index (κ1) is 12.7. The number of nitrogens with zero attached hydrogens (tertiary/aromatic N) is 1. The molecule has 0 heterocycles. The molecule has 0 bridgehead atoms. The van der Waals surface area contributed by atoms with Crippen molar-refractivity contribution < 1.29 is 15.0 Å². The topological polar surface area (TPSA) is 60.8 Å². The highest BCUT2D eigenvalue weighted by atomic mass is 16.4. The quantitative estimate of drug-likeness (QED) is 0.759. The summed E-state index contributed by atoms with van der Waals surface area (Å²) in [5.41, 5.74) is 0.852. The van der Waals surface area contributed by atoms with Crippen molar-refractivity contribution in [2.24, 2.45) is 0 Å². The standard InChI is InChI=1S/C12H17NO3/c1-13(8-7-12(15)16)9-11(14)10-5-3-2-4-6-10/h2-6,11,14H,7-9H2,1H3,(H,15,16). The molecule has 88 valence electrons. The number of aliphatic hydroxyl groups excluding tert-OH is 1. The normalized spacial score (nSPS) is 12.7. The van der Waals surface area contributed by atoms with Gasteiger partial charge in [0.2, 0.25) is 0 Å². The molecule has 16 heavy (non-hydrogen) atoms. The first-order chi connectivity index (χ1) is 7.59. The molecule has 0 spiro atoms. The number of carboxylic acid groups (broad SMARTS) is 1. The average Bonchev–Trinajstić information content (AvgIpc) is 2.27. The highest BCUT2D eigenvalue weighted by Gasteiger charge is 2.10. The summed E-state index contributed by atoms with van der Waals surface area (Å²) in [4.78, 5) is 12.2. The predicted molar refractivity (Wildman–Crippen MR) is 61.2 cm³/mol.